The zero-order valence-electron chi connectivity index (χ0n) is 12.8. The highest BCUT2D eigenvalue weighted by Gasteiger charge is 2.52. The third-order valence-electron chi connectivity index (χ3n) is 3.86. The second-order valence-electron chi connectivity index (χ2n) is 5.63. The Morgan fingerprint density at radius 1 is 1.39 bits per heavy atom. The molecule has 1 aromatic carbocycles. The third-order valence-corrected chi connectivity index (χ3v) is 3.86. The van der Waals surface area contributed by atoms with Crippen LogP contribution in [0.4, 0.5) is 11.6 Å². The number of benzene rings is 1. The Hall–Kier alpha value is -2.06. The van der Waals surface area contributed by atoms with Gasteiger partial charge in [0.1, 0.15) is 12.7 Å². The number of rotatable bonds is 3. The van der Waals surface area contributed by atoms with Gasteiger partial charge in [-0.3, -0.25) is 10.1 Å². The number of non-ortho nitro benzene ring substituents is 1. The maximum atomic E-state index is 11.2. The molecule has 0 saturated heterocycles. The Kier molecular flexibility index (Phi) is 4.67. The van der Waals surface area contributed by atoms with Crippen LogP contribution in [0.15, 0.2) is 42.7 Å². The quantitative estimate of drug-likeness (QED) is 0.392. The minimum Gasteiger partial charge on any atom is -1.00 e. The van der Waals surface area contributed by atoms with Gasteiger partial charge < -0.3 is 22.1 Å². The van der Waals surface area contributed by atoms with Gasteiger partial charge in [0.05, 0.1) is 17.2 Å². The Balaban J connectivity index is 0.00000192. The third kappa shape index (κ3) is 2.79. The van der Waals surface area contributed by atoms with E-state index in [1.807, 2.05) is 35.6 Å². The summed E-state index contributed by atoms with van der Waals surface area (Å²) in [7, 11) is 0. The fraction of sp³-hybridized carbons (Fsp3) is 0.333. The van der Waals surface area contributed by atoms with Gasteiger partial charge in [-0.1, -0.05) is 4.98 Å². The average molecular weight is 381 g/mol. The number of hydrogen-bond acceptors (Lipinski definition) is 5. The molecule has 23 heavy (non-hydrogen) atoms. The molecule has 1 N–H and O–H groups in total. The van der Waals surface area contributed by atoms with E-state index in [4.69, 9.17) is 0 Å². The molecule has 2 aromatic rings. The molecule has 0 spiro atoms. The SMILES string of the molecule is CC(C)N1c2nccc[n+]2C[C@@]1(O)c1ccc([N+](=O)[O-])cc1.[Br-]. The van der Waals surface area contributed by atoms with Gasteiger partial charge in [0.15, 0.2) is 0 Å². The highest BCUT2D eigenvalue weighted by Crippen LogP contribution is 2.35. The number of fused-ring (bicyclic) bond motifs is 1. The number of hydrogen-bond donors (Lipinski definition) is 1. The summed E-state index contributed by atoms with van der Waals surface area (Å²) in [5.74, 6) is 0.679. The molecule has 1 atom stereocenters. The van der Waals surface area contributed by atoms with Crippen LogP contribution in [-0.2, 0) is 12.3 Å². The van der Waals surface area contributed by atoms with Crippen LogP contribution >= 0.6 is 0 Å². The molecule has 0 saturated carbocycles. The van der Waals surface area contributed by atoms with Crippen molar-refractivity contribution in [3.05, 3.63) is 58.4 Å². The molecule has 8 heteroatoms. The van der Waals surface area contributed by atoms with Gasteiger partial charge in [-0.15, -0.1) is 0 Å². The highest BCUT2D eigenvalue weighted by atomic mass is 79.9. The largest absolute Gasteiger partial charge is 1.00 e. The van der Waals surface area contributed by atoms with Crippen molar-refractivity contribution >= 4 is 11.6 Å². The number of aromatic nitrogens is 2. The molecule has 122 valence electrons. The van der Waals surface area contributed by atoms with Gasteiger partial charge in [0.25, 0.3) is 5.69 Å². The number of nitrogens with zero attached hydrogens (tertiary/aromatic N) is 4. The summed E-state index contributed by atoms with van der Waals surface area (Å²) >= 11 is 0. The second-order valence-corrected chi connectivity index (χ2v) is 5.63. The fourth-order valence-corrected chi connectivity index (χ4v) is 2.93. The zero-order chi connectivity index (χ0) is 15.9. The van der Waals surface area contributed by atoms with E-state index in [-0.39, 0.29) is 28.7 Å². The number of aliphatic hydroxyl groups is 1. The van der Waals surface area contributed by atoms with Gasteiger partial charge in [-0.25, -0.2) is 9.47 Å². The van der Waals surface area contributed by atoms with Crippen LogP contribution in [0.25, 0.3) is 0 Å². The monoisotopic (exact) mass is 380 g/mol. The summed E-state index contributed by atoms with van der Waals surface area (Å²) in [5, 5.41) is 22.0. The molecule has 0 amide bonds. The molecule has 3 rings (SSSR count). The van der Waals surface area contributed by atoms with Gasteiger partial charge in [0.2, 0.25) is 5.72 Å². The van der Waals surface area contributed by atoms with Crippen LogP contribution in [-0.4, -0.2) is 21.1 Å². The molecular formula is C15H17BrN4O3. The van der Waals surface area contributed by atoms with E-state index < -0.39 is 10.6 Å². The molecule has 0 aliphatic carbocycles. The van der Waals surface area contributed by atoms with Crippen molar-refractivity contribution in [1.82, 2.24) is 4.98 Å². The predicted molar refractivity (Wildman–Crippen MR) is 79.0 cm³/mol. The van der Waals surface area contributed by atoms with E-state index in [1.54, 1.807) is 18.3 Å². The van der Waals surface area contributed by atoms with Crippen molar-refractivity contribution in [2.45, 2.75) is 32.2 Å². The van der Waals surface area contributed by atoms with Crippen molar-refractivity contribution in [3.63, 3.8) is 0 Å². The summed E-state index contributed by atoms with van der Waals surface area (Å²) in [5.41, 5.74) is -0.660. The van der Waals surface area contributed by atoms with Gasteiger partial charge in [0, 0.05) is 23.8 Å². The van der Waals surface area contributed by atoms with E-state index in [1.165, 1.54) is 12.1 Å². The van der Waals surface area contributed by atoms with E-state index in [0.29, 0.717) is 18.1 Å². The first-order chi connectivity index (χ1) is 10.4. The Morgan fingerprint density at radius 3 is 2.61 bits per heavy atom. The number of nitro groups is 1. The van der Waals surface area contributed by atoms with E-state index >= 15 is 0 Å². The van der Waals surface area contributed by atoms with Crippen molar-refractivity contribution in [2.75, 3.05) is 4.90 Å². The molecule has 1 aromatic heterocycles. The van der Waals surface area contributed by atoms with Crippen LogP contribution in [0.3, 0.4) is 0 Å². The van der Waals surface area contributed by atoms with Crippen molar-refractivity contribution in [1.29, 1.82) is 0 Å². The zero-order valence-corrected chi connectivity index (χ0v) is 14.3. The molecule has 0 bridgehead atoms. The fourth-order valence-electron chi connectivity index (χ4n) is 2.93. The second kappa shape index (κ2) is 6.21. The molecule has 1 aliphatic rings. The molecular weight excluding hydrogens is 364 g/mol. The molecule has 2 heterocycles. The Bertz CT molecular complexity index is 723. The van der Waals surface area contributed by atoms with Gasteiger partial charge >= 0.3 is 5.95 Å². The lowest BCUT2D eigenvalue weighted by Gasteiger charge is -2.31. The maximum absolute atomic E-state index is 11.2. The number of halogens is 1. The Morgan fingerprint density at radius 2 is 2.04 bits per heavy atom. The summed E-state index contributed by atoms with van der Waals surface area (Å²) in [6.45, 7) is 4.27. The summed E-state index contributed by atoms with van der Waals surface area (Å²) in [6.07, 6.45) is 3.55. The summed E-state index contributed by atoms with van der Waals surface area (Å²) in [4.78, 5) is 16.5. The first-order valence-corrected chi connectivity index (χ1v) is 7.04. The van der Waals surface area contributed by atoms with Crippen molar-refractivity contribution in [2.24, 2.45) is 0 Å². The number of nitro benzene ring substituents is 1. The average Bonchev–Trinajstić information content (AvgIpc) is 2.80. The molecule has 7 nitrogen and oxygen atoms in total. The topological polar surface area (TPSA) is 83.4 Å². The highest BCUT2D eigenvalue weighted by molar-refractivity contribution is 5.42. The van der Waals surface area contributed by atoms with Crippen LogP contribution in [0.2, 0.25) is 0 Å². The van der Waals surface area contributed by atoms with Gasteiger partial charge in [-0.05, 0) is 26.0 Å². The molecule has 0 radical (unpaired) electrons. The Labute approximate surface area is 144 Å². The molecule has 1 aliphatic heterocycles. The number of anilines is 1. The minimum absolute atomic E-state index is 0. The minimum atomic E-state index is -1.27. The first-order valence-electron chi connectivity index (χ1n) is 7.04. The first kappa shape index (κ1) is 17.3. The predicted octanol–water partition coefficient (Wildman–Crippen LogP) is -1.64. The summed E-state index contributed by atoms with van der Waals surface area (Å²) in [6, 6.07) is 7.84. The van der Waals surface area contributed by atoms with Crippen molar-refractivity contribution < 1.29 is 31.6 Å². The van der Waals surface area contributed by atoms with Crippen LogP contribution in [0.1, 0.15) is 19.4 Å². The van der Waals surface area contributed by atoms with E-state index in [0.717, 1.165) is 0 Å². The maximum Gasteiger partial charge on any atom is 0.397 e. The lowest BCUT2D eigenvalue weighted by atomic mass is 10.0. The van der Waals surface area contributed by atoms with E-state index in [2.05, 4.69) is 4.98 Å². The molecule has 0 fully saturated rings. The lowest BCUT2D eigenvalue weighted by Crippen LogP contribution is -3.00. The van der Waals surface area contributed by atoms with Crippen molar-refractivity contribution in [3.8, 4) is 0 Å². The smallest absolute Gasteiger partial charge is 0.397 e. The summed E-state index contributed by atoms with van der Waals surface area (Å²) < 4.78 is 1.88. The normalized spacial score (nSPS) is 19.4. The van der Waals surface area contributed by atoms with E-state index in [9.17, 15) is 15.2 Å². The van der Waals surface area contributed by atoms with Crippen LogP contribution < -0.4 is 26.4 Å². The lowest BCUT2D eigenvalue weighted by molar-refractivity contribution is -0.685. The molecule has 0 unspecified atom stereocenters. The van der Waals surface area contributed by atoms with Gasteiger partial charge in [-0.2, -0.15) is 0 Å². The van der Waals surface area contributed by atoms with Crippen LogP contribution in [0.5, 0.6) is 0 Å². The standard InChI is InChI=1S/C15H17N4O3.BrH/c1-11(2)18-14-16-8-3-9-17(14)10-15(18,20)12-4-6-13(7-5-12)19(21)22;/h3-9,11,20H,10H2,1-2H3;1H/q+1;/p-1/t15-;/m1./s1. The van der Waals surface area contributed by atoms with Crippen LogP contribution in [0, 0.1) is 10.1 Å².